The van der Waals surface area contributed by atoms with Gasteiger partial charge in [0.25, 0.3) is 5.91 Å². The number of para-hydroxylation sites is 1. The fraction of sp³-hybridized carbons (Fsp3) is 0.304. The number of carbonyl (C=O) groups is 2. The first-order valence-corrected chi connectivity index (χ1v) is 9.40. The normalized spacial score (nSPS) is 13.9. The van der Waals surface area contributed by atoms with E-state index in [0.29, 0.717) is 24.2 Å². The zero-order valence-corrected chi connectivity index (χ0v) is 15.3. The van der Waals surface area contributed by atoms with E-state index in [4.69, 9.17) is 0 Å². The van der Waals surface area contributed by atoms with Crippen molar-refractivity contribution in [2.75, 3.05) is 11.4 Å². The molecule has 2 aromatic carbocycles. The van der Waals surface area contributed by atoms with Crippen molar-refractivity contribution in [1.82, 2.24) is 0 Å². The van der Waals surface area contributed by atoms with E-state index in [2.05, 4.69) is 31.2 Å². The maximum Gasteiger partial charge on any atom is 0.251 e. The Balaban J connectivity index is 1.66. The van der Waals surface area contributed by atoms with Gasteiger partial charge in [-0.3, -0.25) is 9.59 Å². The molecule has 0 atom stereocenters. The van der Waals surface area contributed by atoms with Crippen LogP contribution in [-0.4, -0.2) is 18.2 Å². The Morgan fingerprint density at radius 1 is 1.08 bits per heavy atom. The van der Waals surface area contributed by atoms with Crippen LogP contribution in [-0.2, 0) is 11.2 Å². The van der Waals surface area contributed by atoms with Crippen molar-refractivity contribution in [2.45, 2.75) is 39.0 Å². The quantitative estimate of drug-likeness (QED) is 0.541. The lowest BCUT2D eigenvalue weighted by Gasteiger charge is -2.27. The molecular formula is C23H25NO2. The average molecular weight is 347 g/mol. The molecule has 3 heteroatoms. The maximum absolute atomic E-state index is 12.6. The smallest absolute Gasteiger partial charge is 0.251 e. The van der Waals surface area contributed by atoms with E-state index in [1.165, 1.54) is 24.8 Å². The highest BCUT2D eigenvalue weighted by Gasteiger charge is 2.25. The number of amides is 1. The number of ketones is 1. The van der Waals surface area contributed by atoms with Crippen molar-refractivity contribution in [3.05, 3.63) is 71.3 Å². The van der Waals surface area contributed by atoms with Crippen LogP contribution in [0.1, 0.15) is 54.1 Å². The molecule has 0 spiro atoms. The van der Waals surface area contributed by atoms with Crippen LogP contribution in [0.25, 0.3) is 6.08 Å². The molecule has 3 rings (SSSR count). The van der Waals surface area contributed by atoms with Crippen molar-refractivity contribution in [2.24, 2.45) is 0 Å². The number of Topliss-reactive ketones (excluding diaryl/α,β-unsaturated/α-hetero) is 1. The number of carbonyl (C=O) groups excluding carboxylic acids is 2. The van der Waals surface area contributed by atoms with Crippen molar-refractivity contribution < 1.29 is 9.59 Å². The third-order valence-electron chi connectivity index (χ3n) is 4.79. The Morgan fingerprint density at radius 3 is 2.62 bits per heavy atom. The Hall–Kier alpha value is -2.68. The van der Waals surface area contributed by atoms with Gasteiger partial charge in [-0.2, -0.15) is 0 Å². The Bertz CT molecular complexity index is 805. The summed E-state index contributed by atoms with van der Waals surface area (Å²) >= 11 is 0. The molecule has 26 heavy (non-hydrogen) atoms. The number of benzene rings is 2. The molecule has 1 heterocycles. The molecule has 134 valence electrons. The van der Waals surface area contributed by atoms with Crippen LogP contribution in [0.15, 0.2) is 54.6 Å². The summed E-state index contributed by atoms with van der Waals surface area (Å²) in [6, 6.07) is 15.7. The van der Waals surface area contributed by atoms with Gasteiger partial charge >= 0.3 is 0 Å². The molecule has 2 aromatic rings. The second-order valence-corrected chi connectivity index (χ2v) is 6.71. The molecule has 0 aromatic heterocycles. The van der Waals surface area contributed by atoms with Crippen LogP contribution in [0.5, 0.6) is 0 Å². The lowest BCUT2D eigenvalue weighted by Crippen LogP contribution is -2.36. The minimum atomic E-state index is -0.0861. The van der Waals surface area contributed by atoms with Crippen LogP contribution in [0.3, 0.4) is 0 Å². The number of anilines is 1. The summed E-state index contributed by atoms with van der Waals surface area (Å²) in [5.74, 6) is 0.0178. The first-order valence-electron chi connectivity index (χ1n) is 9.40. The number of hydrogen-bond donors (Lipinski definition) is 0. The highest BCUT2D eigenvalue weighted by molar-refractivity contribution is 6.12. The SMILES string of the molecule is CCCCCc1ccc(/C=C/C(=O)N2CCC(=O)c3ccccc32)cc1. The van der Waals surface area contributed by atoms with Gasteiger partial charge in [0.2, 0.25) is 0 Å². The molecule has 0 unspecified atom stereocenters. The predicted molar refractivity (Wildman–Crippen MR) is 106 cm³/mol. The van der Waals surface area contributed by atoms with Gasteiger partial charge < -0.3 is 4.90 Å². The number of rotatable bonds is 6. The summed E-state index contributed by atoms with van der Waals surface area (Å²) < 4.78 is 0. The van der Waals surface area contributed by atoms with Gasteiger partial charge in [-0.05, 0) is 42.2 Å². The monoisotopic (exact) mass is 347 g/mol. The molecule has 0 bridgehead atoms. The van der Waals surface area contributed by atoms with E-state index in [-0.39, 0.29) is 11.7 Å². The van der Waals surface area contributed by atoms with Gasteiger partial charge in [-0.15, -0.1) is 0 Å². The largest absolute Gasteiger partial charge is 0.308 e. The summed E-state index contributed by atoms with van der Waals surface area (Å²) in [6.07, 6.45) is 8.63. The van der Waals surface area contributed by atoms with E-state index in [1.807, 2.05) is 24.3 Å². The summed E-state index contributed by atoms with van der Waals surface area (Å²) in [5, 5.41) is 0. The average Bonchev–Trinajstić information content (AvgIpc) is 2.68. The minimum Gasteiger partial charge on any atom is -0.308 e. The summed E-state index contributed by atoms with van der Waals surface area (Å²) in [4.78, 5) is 26.3. The molecule has 1 aliphatic heterocycles. The first-order chi connectivity index (χ1) is 12.7. The van der Waals surface area contributed by atoms with Gasteiger partial charge in [-0.1, -0.05) is 56.2 Å². The molecule has 0 saturated heterocycles. The lowest BCUT2D eigenvalue weighted by atomic mass is 10.0. The molecule has 0 radical (unpaired) electrons. The van der Waals surface area contributed by atoms with Gasteiger partial charge in [-0.25, -0.2) is 0 Å². The number of hydrogen-bond acceptors (Lipinski definition) is 2. The summed E-state index contributed by atoms with van der Waals surface area (Å²) in [7, 11) is 0. The van der Waals surface area contributed by atoms with E-state index in [1.54, 1.807) is 17.0 Å². The fourth-order valence-electron chi connectivity index (χ4n) is 3.27. The maximum atomic E-state index is 12.6. The zero-order valence-electron chi connectivity index (χ0n) is 15.3. The number of fused-ring (bicyclic) bond motifs is 1. The van der Waals surface area contributed by atoms with Gasteiger partial charge in [0.1, 0.15) is 0 Å². The highest BCUT2D eigenvalue weighted by atomic mass is 16.2. The Labute approximate surface area is 155 Å². The van der Waals surface area contributed by atoms with Crippen LogP contribution >= 0.6 is 0 Å². The van der Waals surface area contributed by atoms with E-state index in [0.717, 1.165) is 12.0 Å². The molecule has 1 aliphatic rings. The number of aryl methyl sites for hydroxylation is 1. The minimum absolute atomic E-state index is 0.0861. The van der Waals surface area contributed by atoms with Crippen molar-refractivity contribution >= 4 is 23.5 Å². The highest BCUT2D eigenvalue weighted by Crippen LogP contribution is 2.27. The van der Waals surface area contributed by atoms with Gasteiger partial charge in [0, 0.05) is 24.6 Å². The van der Waals surface area contributed by atoms with Crippen molar-refractivity contribution in [1.29, 1.82) is 0 Å². The fourth-order valence-corrected chi connectivity index (χ4v) is 3.27. The van der Waals surface area contributed by atoms with E-state index in [9.17, 15) is 9.59 Å². The summed E-state index contributed by atoms with van der Waals surface area (Å²) in [6.45, 7) is 2.65. The van der Waals surface area contributed by atoms with E-state index < -0.39 is 0 Å². The molecule has 0 saturated carbocycles. The molecule has 0 N–H and O–H groups in total. The molecular weight excluding hydrogens is 322 g/mol. The van der Waals surface area contributed by atoms with Crippen molar-refractivity contribution in [3.8, 4) is 0 Å². The van der Waals surface area contributed by atoms with Crippen molar-refractivity contribution in [3.63, 3.8) is 0 Å². The standard InChI is InChI=1S/C23H25NO2/c1-2-3-4-7-18-10-12-19(13-11-18)14-15-23(26)24-17-16-22(25)20-8-5-6-9-21(20)24/h5-6,8-15H,2-4,7,16-17H2,1H3/b15-14+. The van der Waals surface area contributed by atoms with Crippen LogP contribution < -0.4 is 4.90 Å². The number of nitrogens with zero attached hydrogens (tertiary/aromatic N) is 1. The van der Waals surface area contributed by atoms with Gasteiger partial charge in [0.15, 0.2) is 5.78 Å². The van der Waals surface area contributed by atoms with Crippen LogP contribution in [0.4, 0.5) is 5.69 Å². The third-order valence-corrected chi connectivity index (χ3v) is 4.79. The Morgan fingerprint density at radius 2 is 1.85 bits per heavy atom. The molecule has 0 fully saturated rings. The number of unbranched alkanes of at least 4 members (excludes halogenated alkanes) is 2. The third kappa shape index (κ3) is 4.29. The second kappa shape index (κ2) is 8.61. The molecule has 1 amide bonds. The topological polar surface area (TPSA) is 37.4 Å². The second-order valence-electron chi connectivity index (χ2n) is 6.71. The van der Waals surface area contributed by atoms with E-state index >= 15 is 0 Å². The summed E-state index contributed by atoms with van der Waals surface area (Å²) in [5.41, 5.74) is 3.70. The van der Waals surface area contributed by atoms with Crippen LogP contribution in [0.2, 0.25) is 0 Å². The lowest BCUT2D eigenvalue weighted by molar-refractivity contribution is -0.114. The Kier molecular flexibility index (Phi) is 6.00. The molecule has 0 aliphatic carbocycles. The predicted octanol–water partition coefficient (Wildman–Crippen LogP) is 5.05. The zero-order chi connectivity index (χ0) is 18.4. The first kappa shape index (κ1) is 18.1. The van der Waals surface area contributed by atoms with Gasteiger partial charge in [0.05, 0.1) is 5.69 Å². The molecule has 3 nitrogen and oxygen atoms in total. The van der Waals surface area contributed by atoms with Crippen LogP contribution in [0, 0.1) is 0 Å².